The van der Waals surface area contributed by atoms with Gasteiger partial charge in [-0.15, -0.1) is 0 Å². The number of aromatic hydroxyl groups is 1. The maximum Gasteiger partial charge on any atom is 0.267 e. The number of rotatable bonds is 3. The van der Waals surface area contributed by atoms with Gasteiger partial charge in [0.15, 0.2) is 0 Å². The number of fused-ring (bicyclic) bond motifs is 1. The highest BCUT2D eigenvalue weighted by molar-refractivity contribution is 9.10. The first-order valence-corrected chi connectivity index (χ1v) is 9.02. The summed E-state index contributed by atoms with van der Waals surface area (Å²) < 4.78 is 2.31. The van der Waals surface area contributed by atoms with Crippen LogP contribution in [0.25, 0.3) is 28.9 Å². The van der Waals surface area contributed by atoms with Crippen LogP contribution in [0.2, 0.25) is 0 Å². The molecule has 0 atom stereocenters. The van der Waals surface area contributed by atoms with Gasteiger partial charge in [0.1, 0.15) is 17.4 Å². The van der Waals surface area contributed by atoms with E-state index < -0.39 is 0 Å². The summed E-state index contributed by atoms with van der Waals surface area (Å²) in [5, 5.41) is 10.6. The molecule has 4 aromatic rings. The van der Waals surface area contributed by atoms with Gasteiger partial charge in [-0.3, -0.25) is 4.79 Å². The number of halogens is 1. The molecule has 0 bridgehead atoms. The fraction of sp³-hybridized carbons (Fsp3) is 0. The minimum atomic E-state index is -0.197. The van der Waals surface area contributed by atoms with Gasteiger partial charge in [-0.05, 0) is 54.6 Å². The zero-order valence-corrected chi connectivity index (χ0v) is 15.7. The highest BCUT2D eigenvalue weighted by Gasteiger charge is 2.11. The average molecular weight is 420 g/mol. The van der Waals surface area contributed by atoms with Crippen LogP contribution in [0.5, 0.6) is 5.75 Å². The van der Waals surface area contributed by atoms with Gasteiger partial charge in [0.2, 0.25) is 0 Å². The molecule has 0 saturated carbocycles. The molecule has 0 fully saturated rings. The van der Waals surface area contributed by atoms with Crippen molar-refractivity contribution in [1.29, 1.82) is 0 Å². The van der Waals surface area contributed by atoms with Crippen molar-refractivity contribution in [1.82, 2.24) is 14.5 Å². The number of phenolic OH excluding ortho intramolecular Hbond substituents is 1. The van der Waals surface area contributed by atoms with Crippen LogP contribution in [0.4, 0.5) is 0 Å². The molecule has 2 heterocycles. The Kier molecular flexibility index (Phi) is 4.56. The second-order valence-corrected chi connectivity index (χ2v) is 6.77. The van der Waals surface area contributed by atoms with E-state index in [1.807, 2.05) is 18.2 Å². The molecule has 0 aliphatic heterocycles. The summed E-state index contributed by atoms with van der Waals surface area (Å²) in [6, 6.07) is 17.7. The van der Waals surface area contributed by atoms with E-state index in [1.54, 1.807) is 60.8 Å². The number of aromatic nitrogens is 3. The normalized spacial score (nSPS) is 11.3. The standard InChI is InChI=1S/C21H14BrN3O2/c22-15-9-10-18(26)14(13-15)8-11-20-24-17-6-2-1-5-16(17)21(27)25(20)19-7-3-4-12-23-19/h1-13,26H/b11-8+. The summed E-state index contributed by atoms with van der Waals surface area (Å²) in [4.78, 5) is 22.0. The second-order valence-electron chi connectivity index (χ2n) is 5.85. The molecule has 2 aromatic carbocycles. The molecule has 0 aliphatic rings. The van der Waals surface area contributed by atoms with Crippen molar-refractivity contribution in [3.8, 4) is 11.6 Å². The molecule has 6 heteroatoms. The van der Waals surface area contributed by atoms with E-state index in [0.29, 0.717) is 28.1 Å². The lowest BCUT2D eigenvalue weighted by atomic mass is 10.2. The van der Waals surface area contributed by atoms with E-state index in [0.717, 1.165) is 4.47 Å². The SMILES string of the molecule is O=c1c2ccccc2nc(/C=C/c2cc(Br)ccc2O)n1-c1ccccn1. The first-order valence-electron chi connectivity index (χ1n) is 8.23. The van der Waals surface area contributed by atoms with E-state index in [2.05, 4.69) is 25.9 Å². The summed E-state index contributed by atoms with van der Waals surface area (Å²) in [6.07, 6.45) is 5.05. The number of pyridine rings is 1. The number of hydrogen-bond donors (Lipinski definition) is 1. The summed E-state index contributed by atoms with van der Waals surface area (Å²) in [5.74, 6) is 1.05. The van der Waals surface area contributed by atoms with Gasteiger partial charge in [0, 0.05) is 16.2 Å². The van der Waals surface area contributed by atoms with Crippen LogP contribution >= 0.6 is 15.9 Å². The lowest BCUT2D eigenvalue weighted by Crippen LogP contribution is -2.23. The van der Waals surface area contributed by atoms with Crippen molar-refractivity contribution in [2.45, 2.75) is 0 Å². The fourth-order valence-electron chi connectivity index (χ4n) is 2.79. The van der Waals surface area contributed by atoms with Gasteiger partial charge in [0.05, 0.1) is 10.9 Å². The number of para-hydroxylation sites is 1. The van der Waals surface area contributed by atoms with Crippen molar-refractivity contribution in [2.75, 3.05) is 0 Å². The smallest absolute Gasteiger partial charge is 0.267 e. The predicted octanol–water partition coefficient (Wildman–Crippen LogP) is 4.42. The third kappa shape index (κ3) is 3.39. The topological polar surface area (TPSA) is 68.0 Å². The molecule has 132 valence electrons. The minimum absolute atomic E-state index is 0.141. The molecule has 2 aromatic heterocycles. The van der Waals surface area contributed by atoms with Crippen LogP contribution in [-0.2, 0) is 0 Å². The van der Waals surface area contributed by atoms with E-state index in [1.165, 1.54) is 4.57 Å². The molecule has 1 N–H and O–H groups in total. The third-order valence-electron chi connectivity index (χ3n) is 4.08. The predicted molar refractivity (Wildman–Crippen MR) is 110 cm³/mol. The Morgan fingerprint density at radius 1 is 1.00 bits per heavy atom. The van der Waals surface area contributed by atoms with E-state index >= 15 is 0 Å². The number of nitrogens with zero attached hydrogens (tertiary/aromatic N) is 3. The zero-order chi connectivity index (χ0) is 18.8. The molecule has 0 spiro atoms. The quantitative estimate of drug-likeness (QED) is 0.533. The largest absolute Gasteiger partial charge is 0.507 e. The van der Waals surface area contributed by atoms with E-state index in [9.17, 15) is 9.90 Å². The van der Waals surface area contributed by atoms with Crippen LogP contribution < -0.4 is 5.56 Å². The van der Waals surface area contributed by atoms with Crippen LogP contribution in [0.3, 0.4) is 0 Å². The van der Waals surface area contributed by atoms with Gasteiger partial charge in [-0.2, -0.15) is 0 Å². The maximum absolute atomic E-state index is 13.1. The summed E-state index contributed by atoms with van der Waals surface area (Å²) in [5.41, 5.74) is 1.02. The lowest BCUT2D eigenvalue weighted by molar-refractivity contribution is 0.474. The number of phenols is 1. The molecule has 0 aliphatic carbocycles. The van der Waals surface area contributed by atoms with Gasteiger partial charge in [-0.1, -0.05) is 34.1 Å². The van der Waals surface area contributed by atoms with Gasteiger partial charge >= 0.3 is 0 Å². The Balaban J connectivity index is 1.95. The fourth-order valence-corrected chi connectivity index (χ4v) is 3.17. The first-order chi connectivity index (χ1) is 13.1. The monoisotopic (exact) mass is 419 g/mol. The Morgan fingerprint density at radius 2 is 1.81 bits per heavy atom. The van der Waals surface area contributed by atoms with Crippen LogP contribution in [0.15, 0.2) is 76.1 Å². The van der Waals surface area contributed by atoms with E-state index in [-0.39, 0.29) is 11.3 Å². The van der Waals surface area contributed by atoms with Crippen LogP contribution in [0.1, 0.15) is 11.4 Å². The molecule has 4 rings (SSSR count). The average Bonchev–Trinajstić information content (AvgIpc) is 2.69. The summed E-state index contributed by atoms with van der Waals surface area (Å²) in [7, 11) is 0. The first kappa shape index (κ1) is 17.2. The van der Waals surface area contributed by atoms with Crippen molar-refractivity contribution in [2.24, 2.45) is 0 Å². The van der Waals surface area contributed by atoms with Crippen LogP contribution in [0, 0.1) is 0 Å². The van der Waals surface area contributed by atoms with E-state index in [4.69, 9.17) is 0 Å². The van der Waals surface area contributed by atoms with Gasteiger partial charge in [0.25, 0.3) is 5.56 Å². The van der Waals surface area contributed by atoms with Crippen molar-refractivity contribution in [3.05, 3.63) is 93.1 Å². The van der Waals surface area contributed by atoms with Gasteiger partial charge in [-0.25, -0.2) is 14.5 Å². The van der Waals surface area contributed by atoms with Crippen molar-refractivity contribution in [3.63, 3.8) is 0 Å². The molecular weight excluding hydrogens is 406 g/mol. The second kappa shape index (κ2) is 7.17. The van der Waals surface area contributed by atoms with Crippen molar-refractivity contribution < 1.29 is 5.11 Å². The Labute approximate surface area is 163 Å². The van der Waals surface area contributed by atoms with Crippen molar-refractivity contribution >= 4 is 39.0 Å². The summed E-state index contributed by atoms with van der Waals surface area (Å²) >= 11 is 3.39. The Bertz CT molecular complexity index is 1220. The summed E-state index contributed by atoms with van der Waals surface area (Å²) in [6.45, 7) is 0. The lowest BCUT2D eigenvalue weighted by Gasteiger charge is -2.10. The molecule has 0 saturated heterocycles. The highest BCUT2D eigenvalue weighted by Crippen LogP contribution is 2.24. The molecular formula is C21H14BrN3O2. The maximum atomic E-state index is 13.1. The molecule has 0 unspecified atom stereocenters. The number of benzene rings is 2. The van der Waals surface area contributed by atoms with Crippen LogP contribution in [-0.4, -0.2) is 19.6 Å². The highest BCUT2D eigenvalue weighted by atomic mass is 79.9. The molecule has 0 radical (unpaired) electrons. The minimum Gasteiger partial charge on any atom is -0.507 e. The Hall–Kier alpha value is -3.25. The third-order valence-corrected chi connectivity index (χ3v) is 4.57. The zero-order valence-electron chi connectivity index (χ0n) is 14.1. The Morgan fingerprint density at radius 3 is 2.63 bits per heavy atom. The number of hydrogen-bond acceptors (Lipinski definition) is 4. The molecule has 5 nitrogen and oxygen atoms in total. The molecule has 0 amide bonds. The molecule has 27 heavy (non-hydrogen) atoms. The van der Waals surface area contributed by atoms with Gasteiger partial charge < -0.3 is 5.11 Å².